The number of carboxylic acid groups (broad SMARTS) is 1. The molecular weight excluding hydrogens is 228 g/mol. The highest BCUT2D eigenvalue weighted by Gasteiger charge is 2.27. The molecule has 0 bridgehead atoms. The van der Waals surface area contributed by atoms with Gasteiger partial charge in [-0.25, -0.2) is 0 Å². The fraction of sp³-hybridized carbons (Fsp3) is 0.929. The molecule has 0 spiro atoms. The smallest absolute Gasteiger partial charge is 0.323 e. The molecule has 1 rings (SSSR count). The predicted molar refractivity (Wildman–Crippen MR) is 73.6 cm³/mol. The molecule has 1 unspecified atom stereocenters. The zero-order chi connectivity index (χ0) is 13.6. The zero-order valence-electron chi connectivity index (χ0n) is 11.8. The Labute approximate surface area is 111 Å². The van der Waals surface area contributed by atoms with Crippen molar-refractivity contribution in [1.29, 1.82) is 0 Å². The van der Waals surface area contributed by atoms with Crippen molar-refractivity contribution in [2.24, 2.45) is 5.73 Å². The Morgan fingerprint density at radius 2 is 1.94 bits per heavy atom. The monoisotopic (exact) mass is 256 g/mol. The van der Waals surface area contributed by atoms with Crippen LogP contribution in [0.2, 0.25) is 0 Å². The van der Waals surface area contributed by atoms with Crippen LogP contribution in [-0.4, -0.2) is 41.1 Å². The van der Waals surface area contributed by atoms with Gasteiger partial charge in [0.05, 0.1) is 0 Å². The highest BCUT2D eigenvalue weighted by atomic mass is 16.4. The molecule has 1 aliphatic rings. The Morgan fingerprint density at radius 3 is 2.50 bits per heavy atom. The van der Waals surface area contributed by atoms with E-state index in [1.54, 1.807) is 6.92 Å². The van der Waals surface area contributed by atoms with Crippen molar-refractivity contribution in [2.75, 3.05) is 13.6 Å². The minimum Gasteiger partial charge on any atom is -0.480 e. The number of carboxylic acids is 1. The van der Waals surface area contributed by atoms with E-state index < -0.39 is 11.5 Å². The van der Waals surface area contributed by atoms with Gasteiger partial charge in [0.15, 0.2) is 0 Å². The van der Waals surface area contributed by atoms with Crippen LogP contribution in [0, 0.1) is 0 Å². The first kappa shape index (κ1) is 15.4. The second-order valence-corrected chi connectivity index (χ2v) is 5.95. The van der Waals surface area contributed by atoms with Gasteiger partial charge in [-0.2, -0.15) is 0 Å². The van der Waals surface area contributed by atoms with Crippen molar-refractivity contribution < 1.29 is 9.90 Å². The maximum atomic E-state index is 10.9. The van der Waals surface area contributed by atoms with Crippen molar-refractivity contribution in [2.45, 2.75) is 69.9 Å². The number of carbonyl (C=O) groups is 1. The lowest BCUT2D eigenvalue weighted by atomic mass is 9.93. The molecule has 1 saturated carbocycles. The van der Waals surface area contributed by atoms with Crippen molar-refractivity contribution in [3.05, 3.63) is 0 Å². The van der Waals surface area contributed by atoms with Crippen molar-refractivity contribution in [3.8, 4) is 0 Å². The summed E-state index contributed by atoms with van der Waals surface area (Å²) in [4.78, 5) is 13.3. The Bertz CT molecular complexity index is 261. The molecule has 0 aliphatic heterocycles. The lowest BCUT2D eigenvalue weighted by molar-refractivity contribution is -0.142. The average molecular weight is 256 g/mol. The average Bonchev–Trinajstić information content (AvgIpc) is 2.35. The molecular formula is C14H28N2O2. The maximum Gasteiger partial charge on any atom is 0.323 e. The Hall–Kier alpha value is -0.610. The topological polar surface area (TPSA) is 66.6 Å². The molecule has 0 heterocycles. The van der Waals surface area contributed by atoms with Gasteiger partial charge in [0.25, 0.3) is 0 Å². The molecule has 106 valence electrons. The maximum absolute atomic E-state index is 10.9. The summed E-state index contributed by atoms with van der Waals surface area (Å²) in [6, 6.07) is 0.738. The quantitative estimate of drug-likeness (QED) is 0.685. The number of rotatable bonds is 7. The van der Waals surface area contributed by atoms with E-state index in [0.717, 1.165) is 25.4 Å². The van der Waals surface area contributed by atoms with Crippen LogP contribution in [0.4, 0.5) is 0 Å². The summed E-state index contributed by atoms with van der Waals surface area (Å²) in [5, 5.41) is 8.92. The Morgan fingerprint density at radius 1 is 1.33 bits per heavy atom. The fourth-order valence-corrected chi connectivity index (χ4v) is 2.66. The highest BCUT2D eigenvalue weighted by molar-refractivity contribution is 5.77. The van der Waals surface area contributed by atoms with Crippen LogP contribution in [0.3, 0.4) is 0 Å². The summed E-state index contributed by atoms with van der Waals surface area (Å²) in [6.45, 7) is 2.65. The van der Waals surface area contributed by atoms with E-state index in [0.29, 0.717) is 6.42 Å². The van der Waals surface area contributed by atoms with Crippen molar-refractivity contribution >= 4 is 5.97 Å². The first-order chi connectivity index (χ1) is 8.43. The molecule has 1 fully saturated rings. The molecule has 0 amide bonds. The molecule has 0 radical (unpaired) electrons. The number of hydrogen-bond acceptors (Lipinski definition) is 3. The van der Waals surface area contributed by atoms with Crippen LogP contribution in [-0.2, 0) is 4.79 Å². The Kier molecular flexibility index (Phi) is 6.09. The lowest BCUT2D eigenvalue weighted by Crippen LogP contribution is -2.44. The van der Waals surface area contributed by atoms with Crippen LogP contribution in [0.5, 0.6) is 0 Å². The number of nitrogens with zero attached hydrogens (tertiary/aromatic N) is 1. The third-order valence-corrected chi connectivity index (χ3v) is 4.14. The van der Waals surface area contributed by atoms with Crippen LogP contribution < -0.4 is 5.73 Å². The summed E-state index contributed by atoms with van der Waals surface area (Å²) in [6.07, 6.45) is 9.21. The van der Waals surface area contributed by atoms with Gasteiger partial charge >= 0.3 is 5.97 Å². The molecule has 4 heteroatoms. The minimum absolute atomic E-state index is 0.556. The summed E-state index contributed by atoms with van der Waals surface area (Å²) in [5.74, 6) is -0.900. The second kappa shape index (κ2) is 7.10. The van der Waals surface area contributed by atoms with Gasteiger partial charge in [0.2, 0.25) is 0 Å². The summed E-state index contributed by atoms with van der Waals surface area (Å²) < 4.78 is 0. The molecule has 0 aromatic rings. The van der Waals surface area contributed by atoms with Crippen LogP contribution >= 0.6 is 0 Å². The van der Waals surface area contributed by atoms with E-state index in [9.17, 15) is 4.79 Å². The molecule has 0 saturated heterocycles. The normalized spacial score (nSPS) is 20.9. The molecule has 0 aromatic heterocycles. The van der Waals surface area contributed by atoms with Gasteiger partial charge in [0.1, 0.15) is 5.54 Å². The van der Waals surface area contributed by atoms with Crippen molar-refractivity contribution in [3.63, 3.8) is 0 Å². The molecule has 4 nitrogen and oxygen atoms in total. The van der Waals surface area contributed by atoms with E-state index >= 15 is 0 Å². The van der Waals surface area contributed by atoms with E-state index in [4.69, 9.17) is 10.8 Å². The van der Waals surface area contributed by atoms with Crippen LogP contribution in [0.25, 0.3) is 0 Å². The van der Waals surface area contributed by atoms with E-state index in [2.05, 4.69) is 11.9 Å². The second-order valence-electron chi connectivity index (χ2n) is 5.95. The standard InChI is InChI=1S/C14H28N2O2/c1-14(15,13(17)18)10-6-7-11-16(2)12-8-4-3-5-9-12/h12H,3-11,15H2,1-2H3,(H,17,18). The predicted octanol–water partition coefficient (Wildman–Crippen LogP) is 2.22. The zero-order valence-corrected chi connectivity index (χ0v) is 11.8. The molecule has 1 aliphatic carbocycles. The largest absolute Gasteiger partial charge is 0.480 e. The van der Waals surface area contributed by atoms with Crippen LogP contribution in [0.15, 0.2) is 0 Å². The Balaban J connectivity index is 2.15. The summed E-state index contributed by atoms with van der Waals surface area (Å²) >= 11 is 0. The van der Waals surface area contributed by atoms with Crippen LogP contribution in [0.1, 0.15) is 58.3 Å². The van der Waals surface area contributed by atoms with Gasteiger partial charge in [0, 0.05) is 6.04 Å². The molecule has 0 aromatic carbocycles. The number of unbranched alkanes of at least 4 members (excludes halogenated alkanes) is 1. The van der Waals surface area contributed by atoms with Gasteiger partial charge in [-0.3, -0.25) is 4.79 Å². The first-order valence-electron chi connectivity index (χ1n) is 7.16. The van der Waals surface area contributed by atoms with Gasteiger partial charge < -0.3 is 15.7 Å². The summed E-state index contributed by atoms with van der Waals surface area (Å²) in [7, 11) is 2.19. The van der Waals surface area contributed by atoms with Crippen molar-refractivity contribution in [1.82, 2.24) is 4.90 Å². The third kappa shape index (κ3) is 4.94. The lowest BCUT2D eigenvalue weighted by Gasteiger charge is -2.31. The molecule has 3 N–H and O–H groups in total. The van der Waals surface area contributed by atoms with Gasteiger partial charge in [-0.05, 0) is 52.6 Å². The highest BCUT2D eigenvalue weighted by Crippen LogP contribution is 2.22. The minimum atomic E-state index is -1.07. The van der Waals surface area contributed by atoms with E-state index in [1.807, 2.05) is 0 Å². The summed E-state index contributed by atoms with van der Waals surface area (Å²) in [5.41, 5.74) is 4.64. The first-order valence-corrected chi connectivity index (χ1v) is 7.16. The number of aliphatic carboxylic acids is 1. The third-order valence-electron chi connectivity index (χ3n) is 4.14. The number of nitrogens with two attached hydrogens (primary N) is 1. The van der Waals surface area contributed by atoms with E-state index in [-0.39, 0.29) is 0 Å². The van der Waals surface area contributed by atoms with Gasteiger partial charge in [-0.1, -0.05) is 19.3 Å². The SMILES string of the molecule is CN(CCCCC(C)(N)C(=O)O)C1CCCCC1. The fourth-order valence-electron chi connectivity index (χ4n) is 2.66. The van der Waals surface area contributed by atoms with E-state index in [1.165, 1.54) is 32.1 Å². The number of hydrogen-bond donors (Lipinski definition) is 2. The van der Waals surface area contributed by atoms with Gasteiger partial charge in [-0.15, -0.1) is 0 Å². The molecule has 18 heavy (non-hydrogen) atoms. The molecule has 1 atom stereocenters.